The Hall–Kier alpha value is -4.47. The van der Waals surface area contributed by atoms with E-state index in [-0.39, 0.29) is 30.9 Å². The number of para-hydroxylation sites is 1. The number of amides is 3. The van der Waals surface area contributed by atoms with E-state index >= 15 is 0 Å². The fraction of sp³-hybridized carbons (Fsp3) is 0.281. The molecule has 5 rings (SSSR count). The van der Waals surface area contributed by atoms with Gasteiger partial charge in [-0.3, -0.25) is 19.3 Å². The Bertz CT molecular complexity index is 1470. The highest BCUT2D eigenvalue weighted by Crippen LogP contribution is 2.49. The molecule has 0 saturated carbocycles. The molecule has 3 atom stereocenters. The van der Waals surface area contributed by atoms with Gasteiger partial charge in [0.05, 0.1) is 18.3 Å². The van der Waals surface area contributed by atoms with Crippen molar-refractivity contribution in [2.45, 2.75) is 37.8 Å². The van der Waals surface area contributed by atoms with Crippen LogP contribution in [-0.4, -0.2) is 52.0 Å². The van der Waals surface area contributed by atoms with E-state index in [4.69, 9.17) is 5.73 Å². The molecule has 0 unspecified atom stereocenters. The van der Waals surface area contributed by atoms with Crippen LogP contribution in [0.2, 0.25) is 0 Å². The lowest BCUT2D eigenvalue weighted by molar-refractivity contribution is -0.138. The van der Waals surface area contributed by atoms with E-state index < -0.39 is 17.4 Å². The lowest BCUT2D eigenvalue weighted by Gasteiger charge is -2.28. The van der Waals surface area contributed by atoms with Crippen LogP contribution in [0.3, 0.4) is 0 Å². The molecule has 0 aromatic heterocycles. The molecule has 2 aliphatic rings. The first kappa shape index (κ1) is 28.1. The number of nitrogens with two attached hydrogens (primary N) is 1. The van der Waals surface area contributed by atoms with Crippen molar-refractivity contribution in [3.8, 4) is 0 Å². The van der Waals surface area contributed by atoms with Crippen LogP contribution >= 0.6 is 0 Å². The number of aliphatic hydroxyl groups excluding tert-OH is 1. The number of benzene rings is 3. The number of fused-ring (bicyclic) bond motifs is 1. The normalized spacial score (nSPS) is 20.9. The third-order valence-electron chi connectivity index (χ3n) is 7.91. The summed E-state index contributed by atoms with van der Waals surface area (Å²) >= 11 is 0. The topological polar surface area (TPSA) is 136 Å². The number of carbonyl (C=O) groups is 3. The summed E-state index contributed by atoms with van der Waals surface area (Å²) in [6.07, 6.45) is 5.08. The Balaban J connectivity index is 1.44. The zero-order valence-corrected chi connectivity index (χ0v) is 22.9. The van der Waals surface area contributed by atoms with E-state index in [1.807, 2.05) is 18.2 Å². The summed E-state index contributed by atoms with van der Waals surface area (Å²) in [5.74, 6) is -1.68. The SMILES string of the molecule is C[C@@H](/C=C/CC(=O)N1CCC[C@H]1CO)[C@]1(O)C(=O)N(c2ccccc2)c2ccc(NC(=O)c3ccc(N)cc3)cc21. The van der Waals surface area contributed by atoms with Crippen LogP contribution in [0.4, 0.5) is 22.7 Å². The summed E-state index contributed by atoms with van der Waals surface area (Å²) in [5, 5.41) is 24.5. The maximum Gasteiger partial charge on any atom is 0.268 e. The average molecular weight is 555 g/mol. The molecule has 0 aliphatic carbocycles. The minimum Gasteiger partial charge on any atom is -0.399 e. The van der Waals surface area contributed by atoms with Crippen LogP contribution in [0.5, 0.6) is 0 Å². The number of nitrogens with zero attached hydrogens (tertiary/aromatic N) is 2. The summed E-state index contributed by atoms with van der Waals surface area (Å²) in [6, 6.07) is 20.4. The molecular formula is C32H34N4O5. The van der Waals surface area contributed by atoms with Gasteiger partial charge in [0, 0.05) is 47.1 Å². The van der Waals surface area contributed by atoms with Crippen LogP contribution in [0.1, 0.15) is 42.1 Å². The van der Waals surface area contributed by atoms with Crippen LogP contribution in [0, 0.1) is 5.92 Å². The molecule has 1 fully saturated rings. The number of likely N-dealkylation sites (tertiary alicyclic amines) is 1. The molecule has 9 nitrogen and oxygen atoms in total. The number of hydrogen-bond donors (Lipinski definition) is 4. The lowest BCUT2D eigenvalue weighted by atomic mass is 9.82. The maximum atomic E-state index is 13.9. The van der Waals surface area contributed by atoms with E-state index in [0.717, 1.165) is 12.8 Å². The molecule has 3 aromatic carbocycles. The number of hydrogen-bond acceptors (Lipinski definition) is 6. The van der Waals surface area contributed by atoms with Gasteiger partial charge in [0.25, 0.3) is 11.8 Å². The van der Waals surface area contributed by atoms with E-state index in [9.17, 15) is 24.6 Å². The van der Waals surface area contributed by atoms with Crippen molar-refractivity contribution in [1.29, 1.82) is 0 Å². The molecule has 2 heterocycles. The van der Waals surface area contributed by atoms with E-state index in [1.54, 1.807) is 78.6 Å². The quantitative estimate of drug-likeness (QED) is 0.246. The van der Waals surface area contributed by atoms with E-state index in [2.05, 4.69) is 5.32 Å². The van der Waals surface area contributed by atoms with Crippen molar-refractivity contribution < 1.29 is 24.6 Å². The van der Waals surface area contributed by atoms with Crippen LogP contribution < -0.4 is 16.0 Å². The van der Waals surface area contributed by atoms with Gasteiger partial charge in [-0.1, -0.05) is 37.3 Å². The fourth-order valence-electron chi connectivity index (χ4n) is 5.60. The number of rotatable bonds is 8. The molecule has 0 radical (unpaired) electrons. The van der Waals surface area contributed by atoms with Crippen molar-refractivity contribution >= 4 is 40.5 Å². The molecule has 212 valence electrons. The second-order valence-corrected chi connectivity index (χ2v) is 10.5. The highest BCUT2D eigenvalue weighted by molar-refractivity contribution is 6.13. The van der Waals surface area contributed by atoms with Gasteiger partial charge < -0.3 is 26.2 Å². The van der Waals surface area contributed by atoms with Gasteiger partial charge in [-0.2, -0.15) is 0 Å². The zero-order valence-electron chi connectivity index (χ0n) is 22.9. The predicted molar refractivity (Wildman–Crippen MR) is 157 cm³/mol. The largest absolute Gasteiger partial charge is 0.399 e. The van der Waals surface area contributed by atoms with Gasteiger partial charge in [-0.05, 0) is 67.4 Å². The molecule has 3 aromatic rings. The van der Waals surface area contributed by atoms with Gasteiger partial charge in [0.15, 0.2) is 5.60 Å². The zero-order chi connectivity index (χ0) is 29.1. The van der Waals surface area contributed by atoms with Crippen molar-refractivity contribution in [3.05, 3.63) is 96.1 Å². The van der Waals surface area contributed by atoms with Crippen LogP contribution in [0.15, 0.2) is 84.9 Å². The second kappa shape index (κ2) is 11.6. The Labute approximate surface area is 238 Å². The minimum atomic E-state index is -1.95. The van der Waals surface area contributed by atoms with E-state index in [1.165, 1.54) is 4.90 Å². The molecule has 1 saturated heterocycles. The molecule has 3 amide bonds. The summed E-state index contributed by atoms with van der Waals surface area (Å²) in [6.45, 7) is 2.27. The third-order valence-corrected chi connectivity index (χ3v) is 7.91. The highest BCUT2D eigenvalue weighted by atomic mass is 16.3. The number of nitrogen functional groups attached to an aromatic ring is 1. The van der Waals surface area contributed by atoms with Gasteiger partial charge in [0.2, 0.25) is 5.91 Å². The van der Waals surface area contributed by atoms with Gasteiger partial charge >= 0.3 is 0 Å². The molecule has 2 aliphatic heterocycles. The first-order valence-corrected chi connectivity index (χ1v) is 13.7. The monoisotopic (exact) mass is 554 g/mol. The first-order valence-electron chi connectivity index (χ1n) is 13.7. The molecule has 41 heavy (non-hydrogen) atoms. The molecule has 9 heteroatoms. The van der Waals surface area contributed by atoms with Crippen molar-refractivity contribution in [2.75, 3.05) is 29.1 Å². The van der Waals surface area contributed by atoms with Crippen LogP contribution in [-0.2, 0) is 15.2 Å². The van der Waals surface area contributed by atoms with Crippen molar-refractivity contribution in [3.63, 3.8) is 0 Å². The Morgan fingerprint density at radius 3 is 2.56 bits per heavy atom. The summed E-state index contributed by atoms with van der Waals surface area (Å²) < 4.78 is 0. The molecule has 0 bridgehead atoms. The first-order chi connectivity index (χ1) is 19.7. The maximum absolute atomic E-state index is 13.9. The number of nitrogens with one attached hydrogen (secondary N) is 1. The lowest BCUT2D eigenvalue weighted by Crippen LogP contribution is -2.42. The Morgan fingerprint density at radius 2 is 1.85 bits per heavy atom. The Morgan fingerprint density at radius 1 is 1.12 bits per heavy atom. The summed E-state index contributed by atoms with van der Waals surface area (Å²) in [7, 11) is 0. The molecular weight excluding hydrogens is 520 g/mol. The smallest absolute Gasteiger partial charge is 0.268 e. The second-order valence-electron chi connectivity index (χ2n) is 10.5. The molecule has 5 N–H and O–H groups in total. The fourth-order valence-corrected chi connectivity index (χ4v) is 5.60. The standard InChI is InChI=1S/C32H34N4O5/c1-21(7-5-11-29(38)35-18-6-10-26(35)20-37)32(41)27-19-24(34-30(39)22-12-14-23(33)15-13-22)16-17-28(27)36(31(32)40)25-8-3-2-4-9-25/h2-5,7-9,12-17,19,21,26,37,41H,6,10-11,18,20,33H2,1H3,(H,34,39)/b7-5+/t21-,26-,32+/m0/s1. The number of carbonyl (C=O) groups excluding carboxylic acids is 3. The Kier molecular flexibility index (Phi) is 7.92. The number of anilines is 4. The van der Waals surface area contributed by atoms with Gasteiger partial charge in [-0.25, -0.2) is 0 Å². The summed E-state index contributed by atoms with van der Waals surface area (Å²) in [5.41, 5.74) is 6.62. The summed E-state index contributed by atoms with van der Waals surface area (Å²) in [4.78, 5) is 42.7. The van der Waals surface area contributed by atoms with E-state index in [0.29, 0.717) is 40.4 Å². The number of aliphatic hydroxyl groups is 2. The van der Waals surface area contributed by atoms with Gasteiger partial charge in [-0.15, -0.1) is 0 Å². The average Bonchev–Trinajstić information content (AvgIpc) is 3.55. The highest BCUT2D eigenvalue weighted by Gasteiger charge is 2.53. The third kappa shape index (κ3) is 5.33. The van der Waals surface area contributed by atoms with Crippen molar-refractivity contribution in [1.82, 2.24) is 4.90 Å². The predicted octanol–water partition coefficient (Wildman–Crippen LogP) is 3.95. The van der Waals surface area contributed by atoms with Gasteiger partial charge in [0.1, 0.15) is 0 Å². The minimum absolute atomic E-state index is 0.0661. The van der Waals surface area contributed by atoms with Crippen molar-refractivity contribution in [2.24, 2.45) is 5.92 Å². The van der Waals surface area contributed by atoms with Crippen LogP contribution in [0.25, 0.3) is 0 Å². The molecule has 0 spiro atoms.